The third-order valence-corrected chi connectivity index (χ3v) is 5.45. The maximum atomic E-state index is 11.2. The van der Waals surface area contributed by atoms with Crippen molar-refractivity contribution < 1.29 is 9.53 Å². The number of morpholine rings is 1. The number of aromatic nitrogens is 2. The van der Waals surface area contributed by atoms with Gasteiger partial charge in [0.1, 0.15) is 11.9 Å². The van der Waals surface area contributed by atoms with Gasteiger partial charge < -0.3 is 15.4 Å². The summed E-state index contributed by atoms with van der Waals surface area (Å²) >= 11 is 0. The summed E-state index contributed by atoms with van der Waals surface area (Å²) in [5.74, 6) is 0.568. The van der Waals surface area contributed by atoms with Crippen LogP contribution in [0, 0.1) is 0 Å². The molecule has 1 aromatic carbocycles. The van der Waals surface area contributed by atoms with E-state index in [0.29, 0.717) is 12.2 Å². The van der Waals surface area contributed by atoms with Crippen molar-refractivity contribution in [3.8, 4) is 11.1 Å². The molecule has 1 aliphatic heterocycles. The van der Waals surface area contributed by atoms with Crippen LogP contribution in [0.15, 0.2) is 60.9 Å². The van der Waals surface area contributed by atoms with Gasteiger partial charge in [0, 0.05) is 62.8 Å². The van der Waals surface area contributed by atoms with Crippen LogP contribution in [-0.4, -0.2) is 54.6 Å². The topological polar surface area (TPSA) is 84.6 Å². The Hall–Kier alpha value is -3.29. The van der Waals surface area contributed by atoms with E-state index in [0.717, 1.165) is 42.3 Å². The van der Waals surface area contributed by atoms with Gasteiger partial charge in [0.2, 0.25) is 5.91 Å². The van der Waals surface area contributed by atoms with Crippen LogP contribution < -0.4 is 10.6 Å². The second-order valence-corrected chi connectivity index (χ2v) is 7.89. The summed E-state index contributed by atoms with van der Waals surface area (Å²) in [4.78, 5) is 24.8. The molecule has 31 heavy (non-hydrogen) atoms. The highest BCUT2D eigenvalue weighted by atomic mass is 16.5. The minimum Gasteiger partial charge on any atom is -0.369 e. The molecule has 1 fully saturated rings. The van der Waals surface area contributed by atoms with Gasteiger partial charge in [0.15, 0.2) is 0 Å². The van der Waals surface area contributed by atoms with E-state index in [1.165, 1.54) is 5.56 Å². The predicted octanol–water partition coefficient (Wildman–Crippen LogP) is 2.88. The highest BCUT2D eigenvalue weighted by Crippen LogP contribution is 2.26. The number of primary amides is 1. The van der Waals surface area contributed by atoms with Gasteiger partial charge in [-0.3, -0.25) is 14.7 Å². The average molecular weight is 418 g/mol. The van der Waals surface area contributed by atoms with Crippen molar-refractivity contribution in [2.45, 2.75) is 12.6 Å². The van der Waals surface area contributed by atoms with Crippen LogP contribution in [0.25, 0.3) is 11.1 Å². The van der Waals surface area contributed by atoms with Crippen molar-refractivity contribution in [2.24, 2.45) is 5.73 Å². The third kappa shape index (κ3) is 4.90. The number of carbonyl (C=O) groups is 1. The zero-order chi connectivity index (χ0) is 21.8. The summed E-state index contributed by atoms with van der Waals surface area (Å²) in [5.41, 5.74) is 9.90. The number of hydrogen-bond donors (Lipinski definition) is 1. The first kappa shape index (κ1) is 21.0. The molecule has 0 aliphatic carbocycles. The Morgan fingerprint density at radius 3 is 2.58 bits per heavy atom. The van der Waals surface area contributed by atoms with E-state index in [1.54, 1.807) is 12.1 Å². The van der Waals surface area contributed by atoms with Crippen LogP contribution in [0.5, 0.6) is 0 Å². The van der Waals surface area contributed by atoms with E-state index in [9.17, 15) is 4.79 Å². The number of ether oxygens (including phenoxy) is 1. The quantitative estimate of drug-likeness (QED) is 0.664. The van der Waals surface area contributed by atoms with Crippen LogP contribution in [-0.2, 0) is 11.3 Å². The van der Waals surface area contributed by atoms with Crippen molar-refractivity contribution in [3.63, 3.8) is 0 Å². The molecule has 7 heteroatoms. The SMILES string of the molecule is CN(C)c1ncccc1CN1CCO[C@@H](c2ccc(-c3ccc(C(N)=O)cc3)cn2)C1. The first-order valence-corrected chi connectivity index (χ1v) is 10.3. The van der Waals surface area contributed by atoms with Gasteiger partial charge in [-0.2, -0.15) is 0 Å². The molecule has 0 spiro atoms. The highest BCUT2D eigenvalue weighted by Gasteiger charge is 2.24. The number of carbonyl (C=O) groups excluding carboxylic acids is 1. The first-order valence-electron chi connectivity index (χ1n) is 10.3. The molecule has 2 aromatic heterocycles. The zero-order valence-electron chi connectivity index (χ0n) is 17.9. The monoisotopic (exact) mass is 417 g/mol. The maximum absolute atomic E-state index is 11.2. The molecular formula is C24H27N5O2. The second-order valence-electron chi connectivity index (χ2n) is 7.89. The summed E-state index contributed by atoms with van der Waals surface area (Å²) < 4.78 is 6.02. The second kappa shape index (κ2) is 9.24. The number of nitrogens with two attached hydrogens (primary N) is 1. The van der Waals surface area contributed by atoms with Crippen molar-refractivity contribution in [1.82, 2.24) is 14.9 Å². The molecule has 3 aromatic rings. The van der Waals surface area contributed by atoms with E-state index >= 15 is 0 Å². The van der Waals surface area contributed by atoms with Gasteiger partial charge in [0.25, 0.3) is 0 Å². The summed E-state index contributed by atoms with van der Waals surface area (Å²) in [6.45, 7) is 3.15. The van der Waals surface area contributed by atoms with E-state index in [-0.39, 0.29) is 6.10 Å². The molecule has 2 N–H and O–H groups in total. The van der Waals surface area contributed by atoms with Crippen molar-refractivity contribution >= 4 is 11.7 Å². The Morgan fingerprint density at radius 2 is 1.90 bits per heavy atom. The Balaban J connectivity index is 1.44. The molecule has 1 atom stereocenters. The first-order chi connectivity index (χ1) is 15.0. The summed E-state index contributed by atoms with van der Waals surface area (Å²) in [6.07, 6.45) is 3.61. The lowest BCUT2D eigenvalue weighted by atomic mass is 10.0. The fraction of sp³-hybridized carbons (Fsp3) is 0.292. The van der Waals surface area contributed by atoms with Crippen molar-refractivity contribution in [3.05, 3.63) is 77.7 Å². The van der Waals surface area contributed by atoms with Crippen molar-refractivity contribution in [1.29, 1.82) is 0 Å². The molecular weight excluding hydrogens is 390 g/mol. The predicted molar refractivity (Wildman–Crippen MR) is 121 cm³/mol. The van der Waals surface area contributed by atoms with Gasteiger partial charge in [-0.25, -0.2) is 4.98 Å². The standard InChI is InChI=1S/C24H27N5O2/c1-28(2)24-20(4-3-11-26-24)15-29-12-13-31-22(16-29)21-10-9-19(14-27-21)17-5-7-18(8-6-17)23(25)30/h3-11,14,22H,12-13,15-16H2,1-2H3,(H2,25,30)/t22-/m1/s1. The molecule has 1 saturated heterocycles. The number of anilines is 1. The smallest absolute Gasteiger partial charge is 0.248 e. The molecule has 1 aliphatic rings. The molecule has 7 nitrogen and oxygen atoms in total. The average Bonchev–Trinajstić information content (AvgIpc) is 2.80. The number of amides is 1. The van der Waals surface area contributed by atoms with Crippen LogP contribution in [0.3, 0.4) is 0 Å². The lowest BCUT2D eigenvalue weighted by Gasteiger charge is -2.33. The molecule has 3 heterocycles. The molecule has 0 saturated carbocycles. The zero-order valence-corrected chi connectivity index (χ0v) is 17.9. The molecule has 4 rings (SSSR count). The minimum absolute atomic E-state index is 0.0699. The van der Waals surface area contributed by atoms with E-state index in [4.69, 9.17) is 10.5 Å². The number of hydrogen-bond acceptors (Lipinski definition) is 6. The van der Waals surface area contributed by atoms with Crippen LogP contribution in [0.2, 0.25) is 0 Å². The Morgan fingerprint density at radius 1 is 1.13 bits per heavy atom. The molecule has 0 unspecified atom stereocenters. The van der Waals surface area contributed by atoms with Gasteiger partial charge >= 0.3 is 0 Å². The maximum Gasteiger partial charge on any atom is 0.248 e. The Bertz CT molecular complexity index is 1030. The lowest BCUT2D eigenvalue weighted by molar-refractivity contribution is -0.0349. The highest BCUT2D eigenvalue weighted by molar-refractivity contribution is 5.93. The third-order valence-electron chi connectivity index (χ3n) is 5.45. The Kier molecular flexibility index (Phi) is 6.25. The summed E-state index contributed by atoms with van der Waals surface area (Å²) in [5, 5.41) is 0. The summed E-state index contributed by atoms with van der Waals surface area (Å²) in [7, 11) is 4.03. The van der Waals surface area contributed by atoms with E-state index in [2.05, 4.69) is 20.9 Å². The number of benzene rings is 1. The fourth-order valence-electron chi connectivity index (χ4n) is 3.82. The van der Waals surface area contributed by atoms with E-state index in [1.807, 2.05) is 61.7 Å². The lowest BCUT2D eigenvalue weighted by Crippen LogP contribution is -2.38. The Labute approximate surface area is 182 Å². The van der Waals surface area contributed by atoms with Gasteiger partial charge in [0.05, 0.1) is 12.3 Å². The normalized spacial score (nSPS) is 16.8. The van der Waals surface area contributed by atoms with Crippen LogP contribution in [0.4, 0.5) is 5.82 Å². The van der Waals surface area contributed by atoms with Gasteiger partial charge in [-0.15, -0.1) is 0 Å². The largest absolute Gasteiger partial charge is 0.369 e. The molecule has 0 bridgehead atoms. The van der Waals surface area contributed by atoms with Crippen LogP contribution in [0.1, 0.15) is 27.7 Å². The van der Waals surface area contributed by atoms with Crippen LogP contribution >= 0.6 is 0 Å². The van der Waals surface area contributed by atoms with Gasteiger partial charge in [-0.05, 0) is 29.8 Å². The number of pyridine rings is 2. The molecule has 160 valence electrons. The molecule has 1 amide bonds. The summed E-state index contributed by atoms with van der Waals surface area (Å²) in [6, 6.07) is 15.4. The number of nitrogens with zero attached hydrogens (tertiary/aromatic N) is 4. The number of rotatable bonds is 6. The molecule has 0 radical (unpaired) electrons. The fourth-order valence-corrected chi connectivity index (χ4v) is 3.82. The van der Waals surface area contributed by atoms with Crippen molar-refractivity contribution in [2.75, 3.05) is 38.7 Å². The minimum atomic E-state index is -0.428. The van der Waals surface area contributed by atoms with E-state index < -0.39 is 5.91 Å². The van der Waals surface area contributed by atoms with Gasteiger partial charge in [-0.1, -0.05) is 24.3 Å².